The zero-order valence-corrected chi connectivity index (χ0v) is 12.8. The molecule has 0 spiro atoms. The summed E-state index contributed by atoms with van der Waals surface area (Å²) in [6.45, 7) is 1.02. The van der Waals surface area contributed by atoms with Crippen LogP contribution in [0.2, 0.25) is 0 Å². The molecule has 0 atom stereocenters. The van der Waals surface area contributed by atoms with Crippen LogP contribution in [0.1, 0.15) is 36.9 Å². The van der Waals surface area contributed by atoms with Crippen molar-refractivity contribution < 1.29 is 9.84 Å². The highest BCUT2D eigenvalue weighted by Crippen LogP contribution is 2.15. The van der Waals surface area contributed by atoms with Gasteiger partial charge >= 0.3 is 0 Å². The van der Waals surface area contributed by atoms with Gasteiger partial charge in [0.05, 0.1) is 12.3 Å². The molecule has 1 aromatic heterocycles. The van der Waals surface area contributed by atoms with Crippen molar-refractivity contribution in [3.05, 3.63) is 59.9 Å². The van der Waals surface area contributed by atoms with Gasteiger partial charge in [0.25, 0.3) is 0 Å². The molecule has 22 heavy (non-hydrogen) atoms. The maximum atomic E-state index is 8.70. The van der Waals surface area contributed by atoms with Crippen molar-refractivity contribution >= 4 is 12.2 Å². The third-order valence-corrected chi connectivity index (χ3v) is 3.34. The number of unbranched alkanes of at least 4 members (excludes halogenated alkanes) is 3. The van der Waals surface area contributed by atoms with E-state index in [1.165, 1.54) is 0 Å². The summed E-state index contributed by atoms with van der Waals surface area (Å²) in [4.78, 5) is 4.26. The number of pyridine rings is 1. The lowest BCUT2D eigenvalue weighted by atomic mass is 10.2. The van der Waals surface area contributed by atoms with Gasteiger partial charge in [0.2, 0.25) is 0 Å². The van der Waals surface area contributed by atoms with E-state index in [-0.39, 0.29) is 6.61 Å². The van der Waals surface area contributed by atoms with E-state index in [4.69, 9.17) is 9.84 Å². The van der Waals surface area contributed by atoms with Gasteiger partial charge in [-0.15, -0.1) is 0 Å². The molecule has 0 radical (unpaired) electrons. The second-order valence-electron chi connectivity index (χ2n) is 5.14. The Kier molecular flexibility index (Phi) is 7.19. The minimum atomic E-state index is 0.286. The van der Waals surface area contributed by atoms with Crippen LogP contribution in [0.25, 0.3) is 12.2 Å². The van der Waals surface area contributed by atoms with Crippen molar-refractivity contribution in [3.8, 4) is 5.75 Å². The lowest BCUT2D eigenvalue weighted by Crippen LogP contribution is -1.97. The average Bonchev–Trinajstić information content (AvgIpc) is 2.58. The third-order valence-electron chi connectivity index (χ3n) is 3.34. The quantitative estimate of drug-likeness (QED) is 0.706. The predicted octanol–water partition coefficient (Wildman–Crippen LogP) is 4.18. The number of benzene rings is 1. The molecule has 0 fully saturated rings. The van der Waals surface area contributed by atoms with Crippen LogP contribution >= 0.6 is 0 Å². The Balaban J connectivity index is 1.74. The molecule has 2 aromatic rings. The standard InChI is InChI=1S/C19H23NO2/c21-15-5-1-2-6-16-22-19-12-9-17(10-13-19)8-11-18-7-3-4-14-20-18/h3-4,7-14,21H,1-2,5-6,15-16H2/b11-8+. The Morgan fingerprint density at radius 3 is 2.45 bits per heavy atom. The predicted molar refractivity (Wildman–Crippen MR) is 90.7 cm³/mol. The molecule has 0 bridgehead atoms. The van der Waals surface area contributed by atoms with E-state index >= 15 is 0 Å². The molecular formula is C19H23NO2. The SMILES string of the molecule is OCCCCCCOc1ccc(/C=C/c2ccccn2)cc1. The normalized spacial score (nSPS) is 11.0. The summed E-state index contributed by atoms with van der Waals surface area (Å²) in [5, 5.41) is 8.70. The Labute approximate surface area is 132 Å². The first-order valence-electron chi connectivity index (χ1n) is 7.81. The zero-order chi connectivity index (χ0) is 15.5. The largest absolute Gasteiger partial charge is 0.494 e. The molecule has 3 nitrogen and oxygen atoms in total. The summed E-state index contributed by atoms with van der Waals surface area (Å²) in [6.07, 6.45) is 9.91. The van der Waals surface area contributed by atoms with Crippen molar-refractivity contribution in [1.29, 1.82) is 0 Å². The summed E-state index contributed by atoms with van der Waals surface area (Å²) in [5.74, 6) is 0.900. The van der Waals surface area contributed by atoms with Crippen LogP contribution < -0.4 is 4.74 Å². The van der Waals surface area contributed by atoms with Gasteiger partial charge in [-0.3, -0.25) is 4.98 Å². The van der Waals surface area contributed by atoms with E-state index in [9.17, 15) is 0 Å². The molecule has 1 aromatic carbocycles. The molecule has 1 N–H and O–H groups in total. The number of aliphatic hydroxyl groups excluding tert-OH is 1. The minimum Gasteiger partial charge on any atom is -0.494 e. The molecule has 0 saturated heterocycles. The number of ether oxygens (including phenoxy) is 1. The fourth-order valence-corrected chi connectivity index (χ4v) is 2.09. The van der Waals surface area contributed by atoms with Gasteiger partial charge in [-0.1, -0.05) is 30.7 Å². The molecule has 0 unspecified atom stereocenters. The first-order chi connectivity index (χ1) is 10.9. The lowest BCUT2D eigenvalue weighted by molar-refractivity contribution is 0.273. The Bertz CT molecular complexity index is 549. The van der Waals surface area contributed by atoms with Crippen LogP contribution in [-0.2, 0) is 0 Å². The van der Waals surface area contributed by atoms with Crippen LogP contribution in [0.4, 0.5) is 0 Å². The summed E-state index contributed by atoms with van der Waals surface area (Å²) in [5.41, 5.74) is 2.08. The first-order valence-corrected chi connectivity index (χ1v) is 7.81. The smallest absolute Gasteiger partial charge is 0.119 e. The highest BCUT2D eigenvalue weighted by molar-refractivity contribution is 5.68. The Morgan fingerprint density at radius 1 is 0.909 bits per heavy atom. The van der Waals surface area contributed by atoms with Crippen LogP contribution in [0, 0.1) is 0 Å². The third kappa shape index (κ3) is 6.10. The van der Waals surface area contributed by atoms with Gasteiger partial charge in [-0.05, 0) is 55.2 Å². The van der Waals surface area contributed by atoms with E-state index in [0.717, 1.165) is 49.3 Å². The maximum absolute atomic E-state index is 8.70. The fourth-order valence-electron chi connectivity index (χ4n) is 2.09. The molecule has 116 valence electrons. The lowest BCUT2D eigenvalue weighted by Gasteiger charge is -2.06. The van der Waals surface area contributed by atoms with E-state index in [0.29, 0.717) is 0 Å². The van der Waals surface area contributed by atoms with E-state index in [2.05, 4.69) is 4.98 Å². The van der Waals surface area contributed by atoms with Crippen LogP contribution in [0.15, 0.2) is 48.7 Å². The topological polar surface area (TPSA) is 42.4 Å². The fraction of sp³-hybridized carbons (Fsp3) is 0.316. The summed E-state index contributed by atoms with van der Waals surface area (Å²) in [7, 11) is 0. The molecular weight excluding hydrogens is 274 g/mol. The second kappa shape index (κ2) is 9.74. The second-order valence-corrected chi connectivity index (χ2v) is 5.14. The van der Waals surface area contributed by atoms with Crippen molar-refractivity contribution in [2.45, 2.75) is 25.7 Å². The Hall–Kier alpha value is -2.13. The number of hydrogen-bond acceptors (Lipinski definition) is 3. The van der Waals surface area contributed by atoms with E-state index in [1.807, 2.05) is 54.6 Å². The maximum Gasteiger partial charge on any atom is 0.119 e. The monoisotopic (exact) mass is 297 g/mol. The number of aromatic nitrogens is 1. The van der Waals surface area contributed by atoms with Crippen molar-refractivity contribution in [3.63, 3.8) is 0 Å². The van der Waals surface area contributed by atoms with E-state index in [1.54, 1.807) is 6.20 Å². The highest BCUT2D eigenvalue weighted by Gasteiger charge is 1.95. The van der Waals surface area contributed by atoms with Crippen molar-refractivity contribution in [2.24, 2.45) is 0 Å². The van der Waals surface area contributed by atoms with Gasteiger partial charge in [0, 0.05) is 12.8 Å². The van der Waals surface area contributed by atoms with Crippen LogP contribution in [0.5, 0.6) is 5.75 Å². The van der Waals surface area contributed by atoms with Gasteiger partial charge in [-0.2, -0.15) is 0 Å². The molecule has 1 heterocycles. The van der Waals surface area contributed by atoms with Gasteiger partial charge in [0.1, 0.15) is 5.75 Å². The summed E-state index contributed by atoms with van der Waals surface area (Å²) < 4.78 is 5.71. The molecule has 3 heteroatoms. The molecule has 2 rings (SSSR count). The van der Waals surface area contributed by atoms with Gasteiger partial charge in [-0.25, -0.2) is 0 Å². The molecule has 0 amide bonds. The zero-order valence-electron chi connectivity index (χ0n) is 12.8. The number of hydrogen-bond donors (Lipinski definition) is 1. The number of aliphatic hydroxyl groups is 1. The average molecular weight is 297 g/mol. The number of rotatable bonds is 9. The highest BCUT2D eigenvalue weighted by atomic mass is 16.5. The molecule has 0 aliphatic carbocycles. The van der Waals surface area contributed by atoms with Crippen LogP contribution in [-0.4, -0.2) is 23.3 Å². The molecule has 0 saturated carbocycles. The minimum absolute atomic E-state index is 0.286. The van der Waals surface area contributed by atoms with Crippen molar-refractivity contribution in [1.82, 2.24) is 4.98 Å². The molecule has 0 aliphatic heterocycles. The first kappa shape index (κ1) is 16.2. The Morgan fingerprint density at radius 2 is 1.73 bits per heavy atom. The molecule has 0 aliphatic rings. The summed E-state index contributed by atoms with van der Waals surface area (Å²) >= 11 is 0. The van der Waals surface area contributed by atoms with Gasteiger partial charge in [0.15, 0.2) is 0 Å². The van der Waals surface area contributed by atoms with Crippen LogP contribution in [0.3, 0.4) is 0 Å². The van der Waals surface area contributed by atoms with Crippen molar-refractivity contribution in [2.75, 3.05) is 13.2 Å². The number of nitrogens with zero attached hydrogens (tertiary/aromatic N) is 1. The van der Waals surface area contributed by atoms with E-state index < -0.39 is 0 Å². The van der Waals surface area contributed by atoms with Gasteiger partial charge < -0.3 is 9.84 Å². The summed E-state index contributed by atoms with van der Waals surface area (Å²) in [6, 6.07) is 13.9.